The number of rotatable bonds is 8. The maximum atomic E-state index is 13.4. The molecule has 0 aliphatic rings. The number of nitrogens with zero attached hydrogens (tertiary/aromatic N) is 3. The first-order chi connectivity index (χ1) is 16.0. The first-order valence-corrected chi connectivity index (χ1v) is 11.3. The Morgan fingerprint density at radius 3 is 2.36 bits per heavy atom. The van der Waals surface area contributed by atoms with Crippen molar-refractivity contribution in [3.63, 3.8) is 0 Å². The van der Waals surface area contributed by atoms with Gasteiger partial charge in [0, 0.05) is 18.4 Å². The summed E-state index contributed by atoms with van der Waals surface area (Å²) >= 11 is 0. The van der Waals surface area contributed by atoms with Crippen LogP contribution in [0, 0.1) is 0 Å². The van der Waals surface area contributed by atoms with Crippen molar-refractivity contribution in [2.75, 3.05) is 21.0 Å². The van der Waals surface area contributed by atoms with Crippen LogP contribution in [0.5, 0.6) is 17.2 Å². The Labute approximate surface area is 190 Å². The van der Waals surface area contributed by atoms with Gasteiger partial charge < -0.3 is 19.3 Å². The van der Waals surface area contributed by atoms with E-state index in [1.807, 2.05) is 0 Å². The fourth-order valence-electron chi connectivity index (χ4n) is 3.30. The van der Waals surface area contributed by atoms with Gasteiger partial charge >= 0.3 is 0 Å². The smallest absolute Gasteiger partial charge is 0.207 e. The highest BCUT2D eigenvalue weighted by Crippen LogP contribution is 2.32. The van der Waals surface area contributed by atoms with Crippen LogP contribution >= 0.6 is 0 Å². The first kappa shape index (κ1) is 22.3. The van der Waals surface area contributed by atoms with Gasteiger partial charge in [-0.1, -0.05) is 23.4 Å². The van der Waals surface area contributed by atoms with E-state index in [9.17, 15) is 13.5 Å². The lowest BCUT2D eigenvalue weighted by Gasteiger charge is -2.11. The van der Waals surface area contributed by atoms with Crippen LogP contribution < -0.4 is 19.3 Å². The summed E-state index contributed by atoms with van der Waals surface area (Å²) in [4.78, 5) is 0.141. The highest BCUT2D eigenvalue weighted by Gasteiger charge is 2.23. The molecule has 0 saturated heterocycles. The quantitative estimate of drug-likeness (QED) is 0.364. The van der Waals surface area contributed by atoms with E-state index in [-0.39, 0.29) is 9.79 Å². The Hall–Kier alpha value is -3.89. The second-order valence-corrected chi connectivity index (χ2v) is 8.74. The number of hydrogen-bond donors (Lipinski definition) is 0. The molecule has 33 heavy (non-hydrogen) atoms. The SMILES string of the molecule is COc1ccc(OC)c(-n2cc(-c3ccccc3S(=O)(=O)c3ccc(OC[O-])cc3)nn2)c1. The summed E-state index contributed by atoms with van der Waals surface area (Å²) in [5.41, 5.74) is 1.35. The Kier molecular flexibility index (Phi) is 6.29. The van der Waals surface area contributed by atoms with Crippen molar-refractivity contribution in [3.8, 4) is 34.2 Å². The van der Waals surface area contributed by atoms with Crippen LogP contribution in [0.1, 0.15) is 0 Å². The number of hydrogen-bond acceptors (Lipinski definition) is 8. The molecule has 0 saturated carbocycles. The van der Waals surface area contributed by atoms with E-state index in [4.69, 9.17) is 14.2 Å². The van der Waals surface area contributed by atoms with Crippen LogP contribution in [-0.2, 0) is 9.84 Å². The van der Waals surface area contributed by atoms with Crippen molar-refractivity contribution in [2.45, 2.75) is 9.79 Å². The third-order valence-electron chi connectivity index (χ3n) is 4.94. The van der Waals surface area contributed by atoms with Crippen molar-refractivity contribution in [1.82, 2.24) is 15.0 Å². The third-order valence-corrected chi connectivity index (χ3v) is 6.77. The van der Waals surface area contributed by atoms with Gasteiger partial charge in [-0.05, 0) is 42.5 Å². The Morgan fingerprint density at radius 2 is 1.67 bits per heavy atom. The van der Waals surface area contributed by atoms with Crippen LogP contribution in [0.2, 0.25) is 0 Å². The van der Waals surface area contributed by atoms with E-state index >= 15 is 0 Å². The first-order valence-electron chi connectivity index (χ1n) is 9.78. The van der Waals surface area contributed by atoms with Crippen molar-refractivity contribution >= 4 is 9.84 Å². The molecule has 0 fully saturated rings. The molecule has 1 aromatic heterocycles. The molecule has 0 atom stereocenters. The van der Waals surface area contributed by atoms with Crippen LogP contribution in [-0.4, -0.2) is 44.4 Å². The van der Waals surface area contributed by atoms with E-state index < -0.39 is 16.6 Å². The zero-order valence-electron chi connectivity index (χ0n) is 17.8. The molecule has 4 rings (SSSR count). The molecule has 0 spiro atoms. The third kappa shape index (κ3) is 4.38. The fourth-order valence-corrected chi connectivity index (χ4v) is 4.77. The van der Waals surface area contributed by atoms with Gasteiger partial charge in [0.05, 0.1) is 30.2 Å². The summed E-state index contributed by atoms with van der Waals surface area (Å²) in [6.07, 6.45) is 1.62. The lowest BCUT2D eigenvalue weighted by atomic mass is 10.2. The van der Waals surface area contributed by atoms with Gasteiger partial charge in [-0.2, -0.15) is 0 Å². The minimum absolute atomic E-state index is 0.0649. The molecule has 0 radical (unpaired) electrons. The summed E-state index contributed by atoms with van der Waals surface area (Å²) in [6.45, 7) is -0.747. The predicted molar refractivity (Wildman–Crippen MR) is 117 cm³/mol. The molecule has 0 unspecified atom stereocenters. The Morgan fingerprint density at radius 1 is 0.939 bits per heavy atom. The number of aromatic nitrogens is 3. The van der Waals surface area contributed by atoms with Crippen molar-refractivity contribution in [1.29, 1.82) is 0 Å². The van der Waals surface area contributed by atoms with Gasteiger partial charge in [0.2, 0.25) is 9.84 Å². The topological polar surface area (TPSA) is 116 Å². The molecule has 9 nitrogen and oxygen atoms in total. The average Bonchev–Trinajstić information content (AvgIpc) is 3.34. The fraction of sp³-hybridized carbons (Fsp3) is 0.130. The second-order valence-electron chi connectivity index (χ2n) is 6.82. The lowest BCUT2D eigenvalue weighted by molar-refractivity contribution is -0.413. The van der Waals surface area contributed by atoms with E-state index in [1.54, 1.807) is 56.8 Å². The maximum absolute atomic E-state index is 13.4. The van der Waals surface area contributed by atoms with Gasteiger partial charge in [0.1, 0.15) is 28.6 Å². The summed E-state index contributed by atoms with van der Waals surface area (Å²) in [5.74, 6) is 1.45. The molecule has 170 valence electrons. The van der Waals surface area contributed by atoms with E-state index in [0.29, 0.717) is 34.2 Å². The highest BCUT2D eigenvalue weighted by molar-refractivity contribution is 7.91. The van der Waals surface area contributed by atoms with Crippen LogP contribution in [0.3, 0.4) is 0 Å². The molecule has 3 aromatic carbocycles. The predicted octanol–water partition coefficient (Wildman–Crippen LogP) is 2.48. The average molecular weight is 466 g/mol. The van der Waals surface area contributed by atoms with Crippen LogP contribution in [0.4, 0.5) is 0 Å². The molecular formula is C23H20N3O6S-. The van der Waals surface area contributed by atoms with Gasteiger partial charge in [0.25, 0.3) is 0 Å². The molecular weight excluding hydrogens is 446 g/mol. The van der Waals surface area contributed by atoms with Gasteiger partial charge in [0.15, 0.2) is 0 Å². The maximum Gasteiger partial charge on any atom is 0.207 e. The molecule has 0 N–H and O–H groups in total. The summed E-state index contributed by atoms with van der Waals surface area (Å²) in [5, 5.41) is 19.0. The summed E-state index contributed by atoms with van der Waals surface area (Å²) < 4.78 is 43.8. The van der Waals surface area contributed by atoms with Gasteiger partial charge in [-0.3, -0.25) is 0 Å². The molecule has 0 amide bonds. The monoisotopic (exact) mass is 466 g/mol. The normalized spacial score (nSPS) is 11.2. The molecule has 4 aromatic rings. The summed E-state index contributed by atoms with van der Waals surface area (Å²) in [7, 11) is -0.789. The molecule has 10 heteroatoms. The van der Waals surface area contributed by atoms with Crippen molar-refractivity contribution in [3.05, 3.63) is 72.9 Å². The standard InChI is InChI=1S/C23H20N3O6S/c1-30-17-9-12-22(31-2)21(13-17)26-14-20(24-25-26)19-5-3-4-6-23(19)33(28,29)18-10-7-16(8-11-18)32-15-27/h3-14H,15H2,1-2H3/q-1. The van der Waals surface area contributed by atoms with Gasteiger partial charge in [-0.15, -0.1) is 5.10 Å². The van der Waals surface area contributed by atoms with Gasteiger partial charge in [-0.25, -0.2) is 13.1 Å². The zero-order valence-corrected chi connectivity index (χ0v) is 18.7. The van der Waals surface area contributed by atoms with Crippen LogP contribution in [0.15, 0.2) is 82.7 Å². The molecule has 0 aliphatic carbocycles. The lowest BCUT2D eigenvalue weighted by Crippen LogP contribution is -2.12. The number of methoxy groups -OCH3 is 2. The minimum Gasteiger partial charge on any atom is -0.824 e. The van der Waals surface area contributed by atoms with Crippen molar-refractivity contribution in [2.24, 2.45) is 0 Å². The van der Waals surface area contributed by atoms with Crippen LogP contribution in [0.25, 0.3) is 16.9 Å². The highest BCUT2D eigenvalue weighted by atomic mass is 32.2. The molecule has 0 aliphatic heterocycles. The number of sulfone groups is 1. The van der Waals surface area contributed by atoms with E-state index in [1.165, 1.54) is 35.0 Å². The zero-order chi connectivity index (χ0) is 23.4. The van der Waals surface area contributed by atoms with E-state index in [0.717, 1.165) is 0 Å². The van der Waals surface area contributed by atoms with E-state index in [2.05, 4.69) is 10.3 Å². The minimum atomic E-state index is -3.88. The van der Waals surface area contributed by atoms with Crippen molar-refractivity contribution < 1.29 is 27.7 Å². The number of ether oxygens (including phenoxy) is 3. The molecule has 1 heterocycles. The summed E-state index contributed by atoms with van der Waals surface area (Å²) in [6, 6.07) is 17.5. The Balaban J connectivity index is 1.76. The largest absolute Gasteiger partial charge is 0.824 e. The number of benzene rings is 3. The second kappa shape index (κ2) is 9.31. The molecule has 0 bridgehead atoms. The Bertz CT molecular complexity index is 1370.